The highest BCUT2D eigenvalue weighted by Crippen LogP contribution is 2.15. The SMILES string of the molecule is COCC(NC(=O)Nc1cnc2ccccc2c1)C(=O)O. The molecule has 3 N–H and O–H groups in total. The zero-order valence-electron chi connectivity index (χ0n) is 11.4. The van der Waals surface area contributed by atoms with Gasteiger partial charge >= 0.3 is 12.0 Å². The summed E-state index contributed by atoms with van der Waals surface area (Å²) >= 11 is 0. The highest BCUT2D eigenvalue weighted by Gasteiger charge is 2.19. The van der Waals surface area contributed by atoms with Gasteiger partial charge in [-0.3, -0.25) is 4.98 Å². The molecule has 0 aliphatic carbocycles. The van der Waals surface area contributed by atoms with Crippen molar-refractivity contribution < 1.29 is 19.4 Å². The number of carbonyl (C=O) groups is 2. The highest BCUT2D eigenvalue weighted by molar-refractivity contribution is 5.94. The topological polar surface area (TPSA) is 101 Å². The minimum atomic E-state index is -1.16. The smallest absolute Gasteiger partial charge is 0.328 e. The van der Waals surface area contributed by atoms with E-state index in [1.54, 1.807) is 6.07 Å². The van der Waals surface area contributed by atoms with Crippen molar-refractivity contribution in [3.8, 4) is 0 Å². The van der Waals surface area contributed by atoms with E-state index in [9.17, 15) is 9.59 Å². The lowest BCUT2D eigenvalue weighted by Crippen LogP contribution is -2.45. The molecule has 1 unspecified atom stereocenters. The molecule has 0 aliphatic rings. The summed E-state index contributed by atoms with van der Waals surface area (Å²) in [4.78, 5) is 26.9. The summed E-state index contributed by atoms with van der Waals surface area (Å²) in [7, 11) is 1.36. The normalized spacial score (nSPS) is 11.9. The maximum atomic E-state index is 11.8. The minimum absolute atomic E-state index is 0.112. The summed E-state index contributed by atoms with van der Waals surface area (Å²) in [6, 6.07) is 7.49. The fourth-order valence-electron chi connectivity index (χ4n) is 1.81. The zero-order chi connectivity index (χ0) is 15.2. The van der Waals surface area contributed by atoms with E-state index in [0.717, 1.165) is 10.9 Å². The van der Waals surface area contributed by atoms with Gasteiger partial charge in [0.05, 0.1) is 24.0 Å². The number of nitrogens with one attached hydrogen (secondary N) is 2. The first-order valence-electron chi connectivity index (χ1n) is 6.24. The Morgan fingerprint density at radius 1 is 1.38 bits per heavy atom. The third kappa shape index (κ3) is 3.90. The lowest BCUT2D eigenvalue weighted by molar-refractivity contribution is -0.140. The van der Waals surface area contributed by atoms with Crippen LogP contribution in [0.4, 0.5) is 10.5 Å². The molecule has 2 aromatic rings. The number of carbonyl (C=O) groups excluding carboxylic acids is 1. The molecule has 0 saturated carbocycles. The molecule has 1 aromatic carbocycles. The maximum absolute atomic E-state index is 11.8. The zero-order valence-corrected chi connectivity index (χ0v) is 11.4. The predicted molar refractivity (Wildman–Crippen MR) is 77.2 cm³/mol. The molecule has 2 amide bonds. The molecule has 0 bridgehead atoms. The molecular formula is C14H15N3O4. The van der Waals surface area contributed by atoms with Crippen LogP contribution in [0.5, 0.6) is 0 Å². The summed E-state index contributed by atoms with van der Waals surface area (Å²) in [5.41, 5.74) is 1.29. The van der Waals surface area contributed by atoms with Gasteiger partial charge in [0.2, 0.25) is 0 Å². The number of pyridine rings is 1. The summed E-state index contributed by atoms with van der Waals surface area (Å²) in [5, 5.41) is 14.7. The van der Waals surface area contributed by atoms with Crippen molar-refractivity contribution in [3.05, 3.63) is 36.5 Å². The van der Waals surface area contributed by atoms with E-state index >= 15 is 0 Å². The molecule has 1 atom stereocenters. The van der Waals surface area contributed by atoms with Gasteiger partial charge in [0.25, 0.3) is 0 Å². The molecule has 7 nitrogen and oxygen atoms in total. The Labute approximate surface area is 120 Å². The number of rotatable bonds is 5. The second-order valence-corrected chi connectivity index (χ2v) is 4.36. The van der Waals surface area contributed by atoms with Crippen LogP contribution in [0.3, 0.4) is 0 Å². The van der Waals surface area contributed by atoms with Gasteiger partial charge in [-0.2, -0.15) is 0 Å². The summed E-state index contributed by atoms with van der Waals surface area (Å²) in [6.07, 6.45) is 1.51. The van der Waals surface area contributed by atoms with E-state index in [-0.39, 0.29) is 6.61 Å². The van der Waals surface area contributed by atoms with E-state index < -0.39 is 18.0 Å². The number of para-hydroxylation sites is 1. The number of hydrogen-bond acceptors (Lipinski definition) is 4. The molecule has 1 heterocycles. The van der Waals surface area contributed by atoms with Crippen molar-refractivity contribution in [1.82, 2.24) is 10.3 Å². The number of carboxylic acids is 1. The molecule has 0 aliphatic heterocycles. The Bertz CT molecular complexity index is 659. The first kappa shape index (κ1) is 14.7. The third-order valence-corrected chi connectivity index (χ3v) is 2.79. The average Bonchev–Trinajstić information content (AvgIpc) is 2.46. The van der Waals surface area contributed by atoms with Crippen molar-refractivity contribution in [2.24, 2.45) is 0 Å². The number of nitrogens with zero attached hydrogens (tertiary/aromatic N) is 1. The number of anilines is 1. The van der Waals surface area contributed by atoms with Crippen LogP contribution in [0.15, 0.2) is 36.5 Å². The Balaban J connectivity index is 2.05. The molecule has 0 fully saturated rings. The van der Waals surface area contributed by atoms with Gasteiger partial charge in [-0.05, 0) is 12.1 Å². The molecular weight excluding hydrogens is 274 g/mol. The van der Waals surface area contributed by atoms with Crippen molar-refractivity contribution in [3.63, 3.8) is 0 Å². The summed E-state index contributed by atoms with van der Waals surface area (Å²) in [5.74, 6) is -1.16. The van der Waals surface area contributed by atoms with Crippen molar-refractivity contribution in [2.45, 2.75) is 6.04 Å². The van der Waals surface area contributed by atoms with Crippen LogP contribution in [0, 0.1) is 0 Å². The number of hydrogen-bond donors (Lipinski definition) is 3. The second-order valence-electron chi connectivity index (χ2n) is 4.36. The lowest BCUT2D eigenvalue weighted by Gasteiger charge is -2.14. The van der Waals surface area contributed by atoms with E-state index in [1.807, 2.05) is 24.3 Å². The van der Waals surface area contributed by atoms with Crippen LogP contribution in [0.25, 0.3) is 10.9 Å². The number of ether oxygens (including phenoxy) is 1. The molecule has 7 heteroatoms. The van der Waals surface area contributed by atoms with Gasteiger partial charge in [-0.15, -0.1) is 0 Å². The Kier molecular flexibility index (Phi) is 4.68. The Hall–Kier alpha value is -2.67. The molecule has 1 aromatic heterocycles. The van der Waals surface area contributed by atoms with Crippen LogP contribution in [-0.4, -0.2) is 41.8 Å². The maximum Gasteiger partial charge on any atom is 0.328 e. The minimum Gasteiger partial charge on any atom is -0.480 e. The van der Waals surface area contributed by atoms with Crippen LogP contribution < -0.4 is 10.6 Å². The second kappa shape index (κ2) is 6.67. The molecule has 0 saturated heterocycles. The quantitative estimate of drug-likeness (QED) is 0.773. The van der Waals surface area contributed by atoms with Gasteiger partial charge in [-0.25, -0.2) is 9.59 Å². The monoisotopic (exact) mass is 289 g/mol. The molecule has 21 heavy (non-hydrogen) atoms. The Morgan fingerprint density at radius 2 is 2.14 bits per heavy atom. The Morgan fingerprint density at radius 3 is 2.86 bits per heavy atom. The number of fused-ring (bicyclic) bond motifs is 1. The fourth-order valence-corrected chi connectivity index (χ4v) is 1.81. The standard InChI is InChI=1S/C14H15N3O4/c1-21-8-12(13(18)19)17-14(20)16-10-6-9-4-2-3-5-11(9)15-7-10/h2-7,12H,8H2,1H3,(H,18,19)(H2,16,17,20). The van der Waals surface area contributed by atoms with Gasteiger partial charge in [0, 0.05) is 12.5 Å². The number of amides is 2. The third-order valence-electron chi connectivity index (χ3n) is 2.79. The predicted octanol–water partition coefficient (Wildman–Crippen LogP) is 1.46. The van der Waals surface area contributed by atoms with E-state index in [0.29, 0.717) is 5.69 Å². The van der Waals surface area contributed by atoms with Gasteiger partial charge < -0.3 is 20.5 Å². The van der Waals surface area contributed by atoms with Crippen LogP contribution >= 0.6 is 0 Å². The van der Waals surface area contributed by atoms with Crippen LogP contribution in [0.1, 0.15) is 0 Å². The number of urea groups is 1. The lowest BCUT2D eigenvalue weighted by atomic mass is 10.2. The molecule has 2 rings (SSSR count). The summed E-state index contributed by atoms with van der Waals surface area (Å²) in [6.45, 7) is -0.112. The van der Waals surface area contributed by atoms with E-state index in [1.165, 1.54) is 13.3 Å². The largest absolute Gasteiger partial charge is 0.480 e. The summed E-state index contributed by atoms with van der Waals surface area (Å²) < 4.78 is 4.74. The number of aromatic nitrogens is 1. The fraction of sp³-hybridized carbons (Fsp3) is 0.214. The van der Waals surface area contributed by atoms with Crippen LogP contribution in [0.2, 0.25) is 0 Å². The molecule has 0 radical (unpaired) electrons. The highest BCUT2D eigenvalue weighted by atomic mass is 16.5. The van der Waals surface area contributed by atoms with E-state index in [4.69, 9.17) is 9.84 Å². The first-order chi connectivity index (χ1) is 10.1. The molecule has 0 spiro atoms. The van der Waals surface area contributed by atoms with Gasteiger partial charge in [0.1, 0.15) is 0 Å². The van der Waals surface area contributed by atoms with Crippen molar-refractivity contribution in [2.75, 3.05) is 19.0 Å². The number of carboxylic acid groups (broad SMARTS) is 1. The first-order valence-corrected chi connectivity index (χ1v) is 6.24. The van der Waals surface area contributed by atoms with Crippen molar-refractivity contribution in [1.29, 1.82) is 0 Å². The van der Waals surface area contributed by atoms with E-state index in [2.05, 4.69) is 15.6 Å². The number of aliphatic carboxylic acids is 1. The average molecular weight is 289 g/mol. The number of benzene rings is 1. The molecule has 110 valence electrons. The van der Waals surface area contributed by atoms with Crippen molar-refractivity contribution >= 4 is 28.6 Å². The van der Waals surface area contributed by atoms with Gasteiger partial charge in [-0.1, -0.05) is 18.2 Å². The van der Waals surface area contributed by atoms with Gasteiger partial charge in [0.15, 0.2) is 6.04 Å². The van der Waals surface area contributed by atoms with Crippen LogP contribution in [-0.2, 0) is 9.53 Å². The number of methoxy groups -OCH3 is 1.